The van der Waals surface area contributed by atoms with Gasteiger partial charge in [-0.3, -0.25) is 4.90 Å². The van der Waals surface area contributed by atoms with E-state index in [9.17, 15) is 0 Å². The summed E-state index contributed by atoms with van der Waals surface area (Å²) >= 11 is 0. The van der Waals surface area contributed by atoms with Crippen LogP contribution in [0.25, 0.3) is 0 Å². The van der Waals surface area contributed by atoms with E-state index in [0.717, 1.165) is 51.3 Å². The van der Waals surface area contributed by atoms with Crippen LogP contribution in [0.5, 0.6) is 5.75 Å². The number of rotatable bonds is 6. The molecule has 21 heavy (non-hydrogen) atoms. The van der Waals surface area contributed by atoms with E-state index in [-0.39, 0.29) is 5.54 Å². The van der Waals surface area contributed by atoms with E-state index >= 15 is 0 Å². The molecule has 0 aliphatic carbocycles. The number of ether oxygens (including phenoxy) is 1. The van der Waals surface area contributed by atoms with Crippen molar-refractivity contribution in [3.63, 3.8) is 0 Å². The number of methoxy groups -OCH3 is 1. The number of anilines is 1. The van der Waals surface area contributed by atoms with E-state index in [2.05, 4.69) is 35.8 Å². The van der Waals surface area contributed by atoms with Gasteiger partial charge in [0.15, 0.2) is 0 Å². The summed E-state index contributed by atoms with van der Waals surface area (Å²) in [5.41, 5.74) is 7.69. The molecular weight excluding hydrogens is 262 g/mol. The van der Waals surface area contributed by atoms with Gasteiger partial charge in [-0.15, -0.1) is 0 Å². The van der Waals surface area contributed by atoms with Crippen molar-refractivity contribution in [3.05, 3.63) is 24.3 Å². The number of hydrogen-bond donors (Lipinski definition) is 1. The van der Waals surface area contributed by atoms with Crippen LogP contribution >= 0.6 is 0 Å². The Labute approximate surface area is 128 Å². The summed E-state index contributed by atoms with van der Waals surface area (Å²) in [6.07, 6.45) is 2.09. The average molecular weight is 291 g/mol. The lowest BCUT2D eigenvalue weighted by molar-refractivity contribution is 0.190. The first-order valence-electron chi connectivity index (χ1n) is 8.00. The molecule has 1 fully saturated rings. The largest absolute Gasteiger partial charge is 0.497 e. The highest BCUT2D eigenvalue weighted by molar-refractivity contribution is 5.49. The van der Waals surface area contributed by atoms with Gasteiger partial charge in [-0.25, -0.2) is 0 Å². The molecule has 1 aromatic carbocycles. The Balaban J connectivity index is 1.87. The van der Waals surface area contributed by atoms with Crippen molar-refractivity contribution in [2.45, 2.75) is 32.2 Å². The van der Waals surface area contributed by atoms with Gasteiger partial charge < -0.3 is 15.4 Å². The smallest absolute Gasteiger partial charge is 0.119 e. The molecule has 0 spiro atoms. The lowest BCUT2D eigenvalue weighted by atomic mass is 9.93. The van der Waals surface area contributed by atoms with Crippen LogP contribution in [0, 0.1) is 0 Å². The molecule has 0 radical (unpaired) electrons. The van der Waals surface area contributed by atoms with Crippen molar-refractivity contribution in [2.24, 2.45) is 5.73 Å². The zero-order chi connectivity index (χ0) is 15.3. The predicted octanol–water partition coefficient (Wildman–Crippen LogP) is 2.33. The molecule has 0 atom stereocenters. The van der Waals surface area contributed by atoms with Gasteiger partial charge in [0, 0.05) is 44.0 Å². The zero-order valence-corrected chi connectivity index (χ0v) is 13.6. The minimum Gasteiger partial charge on any atom is -0.497 e. The Morgan fingerprint density at radius 3 is 2.10 bits per heavy atom. The molecule has 1 aliphatic heterocycles. The van der Waals surface area contributed by atoms with Crippen LogP contribution in [0.15, 0.2) is 24.3 Å². The molecule has 0 bridgehead atoms. The van der Waals surface area contributed by atoms with Crippen LogP contribution in [-0.4, -0.2) is 50.3 Å². The highest BCUT2D eigenvalue weighted by atomic mass is 16.5. The van der Waals surface area contributed by atoms with E-state index in [0.29, 0.717) is 0 Å². The van der Waals surface area contributed by atoms with Crippen molar-refractivity contribution in [3.8, 4) is 5.75 Å². The fourth-order valence-electron chi connectivity index (χ4n) is 2.88. The Hall–Kier alpha value is -1.26. The summed E-state index contributed by atoms with van der Waals surface area (Å²) in [6.45, 7) is 9.70. The fraction of sp³-hybridized carbons (Fsp3) is 0.647. The van der Waals surface area contributed by atoms with Crippen LogP contribution in [0.2, 0.25) is 0 Å². The van der Waals surface area contributed by atoms with Crippen molar-refractivity contribution >= 4 is 5.69 Å². The van der Waals surface area contributed by atoms with E-state index in [1.807, 2.05) is 12.1 Å². The highest BCUT2D eigenvalue weighted by Gasteiger charge is 2.26. The minimum absolute atomic E-state index is 0.0255. The second kappa shape index (κ2) is 7.14. The normalized spacial score (nSPS) is 17.0. The van der Waals surface area contributed by atoms with E-state index in [1.165, 1.54) is 5.69 Å². The first-order chi connectivity index (χ1) is 10.1. The summed E-state index contributed by atoms with van der Waals surface area (Å²) in [4.78, 5) is 4.94. The van der Waals surface area contributed by atoms with Gasteiger partial charge in [-0.1, -0.05) is 13.8 Å². The topological polar surface area (TPSA) is 41.7 Å². The van der Waals surface area contributed by atoms with Crippen LogP contribution in [-0.2, 0) is 0 Å². The molecule has 2 rings (SSSR count). The molecule has 2 N–H and O–H groups in total. The first-order valence-corrected chi connectivity index (χ1v) is 8.00. The van der Waals surface area contributed by atoms with E-state index in [1.54, 1.807) is 7.11 Å². The third-order valence-electron chi connectivity index (χ3n) is 4.76. The molecule has 1 saturated heterocycles. The first kappa shape index (κ1) is 16.1. The summed E-state index contributed by atoms with van der Waals surface area (Å²) in [5.74, 6) is 0.913. The molecule has 0 amide bonds. The zero-order valence-electron chi connectivity index (χ0n) is 13.6. The fourth-order valence-corrected chi connectivity index (χ4v) is 2.88. The molecule has 4 heteroatoms. The Morgan fingerprint density at radius 1 is 1.05 bits per heavy atom. The maximum Gasteiger partial charge on any atom is 0.119 e. The van der Waals surface area contributed by atoms with Crippen LogP contribution in [0.3, 0.4) is 0 Å². The standard InChI is InChI=1S/C17H29N3O/c1-4-17(18,5-2)14-19-10-12-20(13-11-19)15-6-8-16(21-3)9-7-15/h6-9H,4-5,10-14,18H2,1-3H3. The maximum absolute atomic E-state index is 6.44. The third kappa shape index (κ3) is 4.11. The lowest BCUT2D eigenvalue weighted by Gasteiger charge is -2.40. The number of nitrogens with two attached hydrogens (primary N) is 1. The molecule has 1 aromatic rings. The molecule has 0 saturated carbocycles. The highest BCUT2D eigenvalue weighted by Crippen LogP contribution is 2.21. The second-order valence-corrected chi connectivity index (χ2v) is 6.03. The Kier molecular flexibility index (Phi) is 5.48. The van der Waals surface area contributed by atoms with Gasteiger partial charge in [0.2, 0.25) is 0 Å². The van der Waals surface area contributed by atoms with Gasteiger partial charge in [-0.2, -0.15) is 0 Å². The molecular formula is C17H29N3O. The lowest BCUT2D eigenvalue weighted by Crippen LogP contribution is -2.55. The van der Waals surface area contributed by atoms with Crippen LogP contribution < -0.4 is 15.4 Å². The predicted molar refractivity (Wildman–Crippen MR) is 89.1 cm³/mol. The number of nitrogens with zero attached hydrogens (tertiary/aromatic N) is 2. The summed E-state index contributed by atoms with van der Waals surface area (Å²) in [6, 6.07) is 8.33. The Morgan fingerprint density at radius 2 is 1.62 bits per heavy atom. The van der Waals surface area contributed by atoms with E-state index < -0.39 is 0 Å². The molecule has 118 valence electrons. The van der Waals surface area contributed by atoms with Crippen molar-refractivity contribution < 1.29 is 4.74 Å². The maximum atomic E-state index is 6.44. The van der Waals surface area contributed by atoms with Gasteiger partial charge >= 0.3 is 0 Å². The summed E-state index contributed by atoms with van der Waals surface area (Å²) in [5, 5.41) is 0. The summed E-state index contributed by atoms with van der Waals surface area (Å²) < 4.78 is 5.21. The summed E-state index contributed by atoms with van der Waals surface area (Å²) in [7, 11) is 1.70. The van der Waals surface area contributed by atoms with Crippen LogP contribution in [0.4, 0.5) is 5.69 Å². The van der Waals surface area contributed by atoms with Gasteiger partial charge in [-0.05, 0) is 37.1 Å². The molecule has 1 aliphatic rings. The monoisotopic (exact) mass is 291 g/mol. The van der Waals surface area contributed by atoms with E-state index in [4.69, 9.17) is 10.5 Å². The average Bonchev–Trinajstić information content (AvgIpc) is 2.55. The molecule has 0 unspecified atom stereocenters. The molecule has 0 aromatic heterocycles. The van der Waals surface area contributed by atoms with Crippen molar-refractivity contribution in [2.75, 3.05) is 44.7 Å². The van der Waals surface area contributed by atoms with Gasteiger partial charge in [0.1, 0.15) is 5.75 Å². The SMILES string of the molecule is CCC(N)(CC)CN1CCN(c2ccc(OC)cc2)CC1. The molecule has 4 nitrogen and oxygen atoms in total. The molecule has 1 heterocycles. The number of benzene rings is 1. The van der Waals surface area contributed by atoms with Gasteiger partial charge in [0.05, 0.1) is 7.11 Å². The third-order valence-corrected chi connectivity index (χ3v) is 4.76. The second-order valence-electron chi connectivity index (χ2n) is 6.03. The minimum atomic E-state index is -0.0255. The number of piperazine rings is 1. The van der Waals surface area contributed by atoms with Crippen molar-refractivity contribution in [1.29, 1.82) is 0 Å². The van der Waals surface area contributed by atoms with Crippen LogP contribution in [0.1, 0.15) is 26.7 Å². The van der Waals surface area contributed by atoms with Crippen molar-refractivity contribution in [1.82, 2.24) is 4.90 Å². The quantitative estimate of drug-likeness (QED) is 0.873. The number of hydrogen-bond acceptors (Lipinski definition) is 4. The van der Waals surface area contributed by atoms with Gasteiger partial charge in [0.25, 0.3) is 0 Å². The Bertz CT molecular complexity index is 420.